The van der Waals surface area contributed by atoms with E-state index in [1.165, 1.54) is 11.9 Å². The lowest BCUT2D eigenvalue weighted by Crippen LogP contribution is -2.42. The predicted octanol–water partition coefficient (Wildman–Crippen LogP) is 3.34. The molecule has 2 aliphatic rings. The highest BCUT2D eigenvalue weighted by Gasteiger charge is 2.26. The Kier molecular flexibility index (Phi) is 6.79. The van der Waals surface area contributed by atoms with E-state index in [0.717, 1.165) is 63.4 Å². The molecule has 2 aromatic rings. The van der Waals surface area contributed by atoms with Crippen molar-refractivity contribution in [3.63, 3.8) is 0 Å². The van der Waals surface area contributed by atoms with Crippen LogP contribution in [0.25, 0.3) is 0 Å². The summed E-state index contributed by atoms with van der Waals surface area (Å²) in [7, 11) is 0. The average molecular weight is 411 g/mol. The van der Waals surface area contributed by atoms with Crippen molar-refractivity contribution in [3.05, 3.63) is 42.2 Å². The van der Waals surface area contributed by atoms with Crippen molar-refractivity contribution < 1.29 is 14.3 Å². The Morgan fingerprint density at radius 2 is 2.00 bits per heavy atom. The number of aromatic nitrogens is 2. The van der Waals surface area contributed by atoms with Crippen molar-refractivity contribution in [2.24, 2.45) is 5.92 Å². The second-order valence-corrected chi connectivity index (χ2v) is 7.96. The summed E-state index contributed by atoms with van der Waals surface area (Å²) < 4.78 is 11.5. The van der Waals surface area contributed by atoms with Gasteiger partial charge in [0.15, 0.2) is 0 Å². The highest BCUT2D eigenvalue weighted by molar-refractivity contribution is 5.79. The van der Waals surface area contributed by atoms with Gasteiger partial charge in [-0.05, 0) is 49.8 Å². The number of nitrogens with one attached hydrogen (secondary N) is 1. The number of aryl methyl sites for hydroxylation is 1. The molecule has 4 rings (SSSR count). The largest absolute Gasteiger partial charge is 0.439 e. The lowest BCUT2D eigenvalue weighted by atomic mass is 9.96. The van der Waals surface area contributed by atoms with Crippen molar-refractivity contribution in [2.75, 3.05) is 31.1 Å². The summed E-state index contributed by atoms with van der Waals surface area (Å²) >= 11 is 0. The van der Waals surface area contributed by atoms with E-state index in [4.69, 9.17) is 9.47 Å². The summed E-state index contributed by atoms with van der Waals surface area (Å²) in [5.74, 6) is 2.33. The highest BCUT2D eigenvalue weighted by atomic mass is 16.5. The number of hydrogen-bond donors (Lipinski definition) is 1. The lowest BCUT2D eigenvalue weighted by Gasteiger charge is -2.32. The molecule has 0 bridgehead atoms. The summed E-state index contributed by atoms with van der Waals surface area (Å²) in [6.45, 7) is 5.15. The fraction of sp³-hybridized carbons (Fsp3) is 0.522. The zero-order chi connectivity index (χ0) is 20.8. The number of anilines is 1. The van der Waals surface area contributed by atoms with Crippen LogP contribution < -0.4 is 15.0 Å². The van der Waals surface area contributed by atoms with E-state index >= 15 is 0 Å². The van der Waals surface area contributed by atoms with Gasteiger partial charge in [-0.25, -0.2) is 9.97 Å². The van der Waals surface area contributed by atoms with Crippen LogP contribution in [0.4, 0.5) is 5.82 Å². The van der Waals surface area contributed by atoms with Gasteiger partial charge in [0.25, 0.3) is 0 Å². The zero-order valence-electron chi connectivity index (χ0n) is 17.5. The number of benzene rings is 1. The number of carbonyl (C=O) groups excluding carboxylic acids is 1. The highest BCUT2D eigenvalue weighted by Crippen LogP contribution is 2.26. The first-order chi connectivity index (χ1) is 14.7. The van der Waals surface area contributed by atoms with Crippen LogP contribution in [0.15, 0.2) is 36.7 Å². The molecule has 0 saturated carbocycles. The first kappa shape index (κ1) is 20.6. The molecule has 7 heteroatoms. The monoisotopic (exact) mass is 410 g/mol. The molecule has 0 spiro atoms. The molecule has 0 aliphatic carbocycles. The van der Waals surface area contributed by atoms with Gasteiger partial charge >= 0.3 is 0 Å². The van der Waals surface area contributed by atoms with Gasteiger partial charge in [0.2, 0.25) is 11.8 Å². The Morgan fingerprint density at radius 1 is 1.20 bits per heavy atom. The molecular weight excluding hydrogens is 380 g/mol. The number of amides is 1. The average Bonchev–Trinajstić information content (AvgIpc) is 3.32. The van der Waals surface area contributed by atoms with E-state index in [1.807, 2.05) is 18.2 Å². The molecule has 1 atom stereocenters. The van der Waals surface area contributed by atoms with Gasteiger partial charge in [-0.15, -0.1) is 0 Å². The first-order valence-corrected chi connectivity index (χ1v) is 10.9. The minimum Gasteiger partial charge on any atom is -0.439 e. The smallest absolute Gasteiger partial charge is 0.224 e. The topological polar surface area (TPSA) is 76.6 Å². The number of piperidine rings is 1. The summed E-state index contributed by atoms with van der Waals surface area (Å²) in [6.07, 6.45) is 6.48. The fourth-order valence-corrected chi connectivity index (χ4v) is 4.01. The molecule has 3 heterocycles. The van der Waals surface area contributed by atoms with E-state index in [9.17, 15) is 4.79 Å². The Hall–Kier alpha value is -2.67. The van der Waals surface area contributed by atoms with E-state index in [2.05, 4.69) is 39.2 Å². The Balaban J connectivity index is 1.28. The maximum Gasteiger partial charge on any atom is 0.224 e. The zero-order valence-corrected chi connectivity index (χ0v) is 17.5. The van der Waals surface area contributed by atoms with Crippen LogP contribution in [0, 0.1) is 5.92 Å². The quantitative estimate of drug-likeness (QED) is 0.754. The van der Waals surface area contributed by atoms with Crippen molar-refractivity contribution >= 4 is 11.7 Å². The van der Waals surface area contributed by atoms with Crippen LogP contribution in [-0.4, -0.2) is 48.2 Å². The molecule has 1 N–H and O–H groups in total. The van der Waals surface area contributed by atoms with Crippen molar-refractivity contribution in [1.29, 1.82) is 0 Å². The van der Waals surface area contributed by atoms with Gasteiger partial charge in [0, 0.05) is 38.2 Å². The lowest BCUT2D eigenvalue weighted by molar-refractivity contribution is -0.126. The number of rotatable bonds is 7. The maximum absolute atomic E-state index is 12.5. The second-order valence-electron chi connectivity index (χ2n) is 7.96. The normalized spacial score (nSPS) is 19.6. The molecule has 2 saturated heterocycles. The molecule has 7 nitrogen and oxygen atoms in total. The summed E-state index contributed by atoms with van der Waals surface area (Å²) in [5.41, 5.74) is 1.27. The third-order valence-electron chi connectivity index (χ3n) is 5.90. The standard InChI is InChI=1S/C23H30N4O3/c1-2-17-5-7-19(8-6-17)30-22-14-21(25-16-26-22)27-11-9-18(10-12-27)23(28)24-15-20-4-3-13-29-20/h5-8,14,16,18,20H,2-4,9-13,15H2,1H3,(H,24,28)/t20-/m0/s1. The minimum absolute atomic E-state index is 0.0530. The van der Waals surface area contributed by atoms with E-state index in [-0.39, 0.29) is 17.9 Å². The number of nitrogens with zero attached hydrogens (tertiary/aromatic N) is 3. The maximum atomic E-state index is 12.5. The van der Waals surface area contributed by atoms with Gasteiger partial charge in [0.1, 0.15) is 17.9 Å². The van der Waals surface area contributed by atoms with Crippen LogP contribution in [0.3, 0.4) is 0 Å². The van der Waals surface area contributed by atoms with Crippen LogP contribution in [0.1, 0.15) is 38.2 Å². The Bertz CT molecular complexity index is 829. The van der Waals surface area contributed by atoms with Gasteiger partial charge in [-0.1, -0.05) is 19.1 Å². The van der Waals surface area contributed by atoms with Gasteiger partial charge < -0.3 is 19.7 Å². The Labute approximate surface area is 177 Å². The van der Waals surface area contributed by atoms with Crippen LogP contribution in [-0.2, 0) is 16.0 Å². The van der Waals surface area contributed by atoms with Crippen molar-refractivity contribution in [1.82, 2.24) is 15.3 Å². The van der Waals surface area contributed by atoms with Crippen LogP contribution in [0.5, 0.6) is 11.6 Å². The van der Waals surface area contributed by atoms with Crippen LogP contribution in [0.2, 0.25) is 0 Å². The van der Waals surface area contributed by atoms with Crippen molar-refractivity contribution in [3.8, 4) is 11.6 Å². The second kappa shape index (κ2) is 9.89. The third kappa shape index (κ3) is 5.27. The Morgan fingerprint density at radius 3 is 2.70 bits per heavy atom. The molecule has 2 aliphatic heterocycles. The fourth-order valence-electron chi connectivity index (χ4n) is 4.01. The van der Waals surface area contributed by atoms with Gasteiger partial charge in [-0.2, -0.15) is 0 Å². The predicted molar refractivity (Wildman–Crippen MR) is 115 cm³/mol. The summed E-state index contributed by atoms with van der Waals surface area (Å²) in [6, 6.07) is 9.91. The first-order valence-electron chi connectivity index (χ1n) is 10.9. The molecule has 160 valence electrons. The molecule has 2 fully saturated rings. The third-order valence-corrected chi connectivity index (χ3v) is 5.90. The SMILES string of the molecule is CCc1ccc(Oc2cc(N3CCC(C(=O)NC[C@@H]4CCCO4)CC3)ncn2)cc1. The van der Waals surface area contributed by atoms with Gasteiger partial charge in [-0.3, -0.25) is 4.79 Å². The minimum atomic E-state index is 0.0530. The summed E-state index contributed by atoms with van der Waals surface area (Å²) in [5, 5.41) is 3.07. The van der Waals surface area contributed by atoms with E-state index in [0.29, 0.717) is 12.4 Å². The van der Waals surface area contributed by atoms with E-state index in [1.54, 1.807) is 0 Å². The summed E-state index contributed by atoms with van der Waals surface area (Å²) in [4.78, 5) is 23.3. The van der Waals surface area contributed by atoms with Crippen molar-refractivity contribution in [2.45, 2.75) is 45.1 Å². The number of carbonyl (C=O) groups is 1. The molecule has 30 heavy (non-hydrogen) atoms. The molecule has 1 aromatic carbocycles. The van der Waals surface area contributed by atoms with Crippen LogP contribution >= 0.6 is 0 Å². The molecule has 1 aromatic heterocycles. The number of ether oxygens (including phenoxy) is 2. The molecule has 0 radical (unpaired) electrons. The molecule has 0 unspecified atom stereocenters. The van der Waals surface area contributed by atoms with E-state index < -0.39 is 0 Å². The molecular formula is C23H30N4O3. The van der Waals surface area contributed by atoms with Gasteiger partial charge in [0.05, 0.1) is 6.10 Å². The number of hydrogen-bond acceptors (Lipinski definition) is 6. The molecule has 1 amide bonds.